The Morgan fingerprint density at radius 3 is 2.31 bits per heavy atom. The minimum absolute atomic E-state index is 0.0713. The summed E-state index contributed by atoms with van der Waals surface area (Å²) in [6, 6.07) is 13.2. The summed E-state index contributed by atoms with van der Waals surface area (Å²) in [6.45, 7) is 0.640. The fourth-order valence-corrected chi connectivity index (χ4v) is 2.81. The first-order valence-electron chi connectivity index (χ1n) is 9.04. The lowest BCUT2D eigenvalue weighted by molar-refractivity contribution is -0.153. The number of alkyl halides is 3. The van der Waals surface area contributed by atoms with Crippen molar-refractivity contribution in [2.75, 3.05) is 13.7 Å². The third-order valence-corrected chi connectivity index (χ3v) is 4.22. The number of hydrogen-bond donors (Lipinski definition) is 1. The first-order valence-corrected chi connectivity index (χ1v) is 9.04. The number of nitrogens with one attached hydrogen (secondary N) is 1. The SMILES string of the molecule is COc1cc(CNCc2ccc(Cn3ccnc3)cc2)ccc1OCC(F)(F)F. The molecule has 0 aliphatic heterocycles. The Labute approximate surface area is 167 Å². The molecular formula is C21H22F3N3O2. The molecule has 8 heteroatoms. The van der Waals surface area contributed by atoms with Crippen LogP contribution in [0.4, 0.5) is 13.2 Å². The fourth-order valence-electron chi connectivity index (χ4n) is 2.81. The Kier molecular flexibility index (Phi) is 6.77. The normalized spacial score (nSPS) is 11.4. The summed E-state index contributed by atoms with van der Waals surface area (Å²) >= 11 is 0. The second-order valence-electron chi connectivity index (χ2n) is 6.54. The lowest BCUT2D eigenvalue weighted by Crippen LogP contribution is -2.19. The minimum Gasteiger partial charge on any atom is -0.493 e. The molecule has 5 nitrogen and oxygen atoms in total. The van der Waals surface area contributed by atoms with Gasteiger partial charge in [-0.15, -0.1) is 0 Å². The van der Waals surface area contributed by atoms with Crippen LogP contribution in [0.25, 0.3) is 0 Å². The quantitative estimate of drug-likeness (QED) is 0.581. The molecule has 0 atom stereocenters. The number of nitrogens with zero attached hydrogens (tertiary/aromatic N) is 2. The summed E-state index contributed by atoms with van der Waals surface area (Å²) < 4.78 is 48.9. The summed E-state index contributed by atoms with van der Waals surface area (Å²) in [5, 5.41) is 3.32. The maximum atomic E-state index is 12.3. The van der Waals surface area contributed by atoms with Crippen LogP contribution >= 0.6 is 0 Å². The van der Waals surface area contributed by atoms with Gasteiger partial charge in [-0.25, -0.2) is 4.98 Å². The van der Waals surface area contributed by atoms with Gasteiger partial charge < -0.3 is 19.4 Å². The Morgan fingerprint density at radius 2 is 1.66 bits per heavy atom. The number of benzene rings is 2. The standard InChI is InChI=1S/C21H22F3N3O2/c1-28-20-10-18(6-7-19(20)29-14-21(22,23)24)12-26-11-16-2-4-17(5-3-16)13-27-9-8-25-15-27/h2-10,15,26H,11-14H2,1H3. The van der Waals surface area contributed by atoms with Gasteiger partial charge >= 0.3 is 6.18 Å². The molecule has 0 spiro atoms. The maximum Gasteiger partial charge on any atom is 0.422 e. The molecule has 0 bridgehead atoms. The molecule has 154 valence electrons. The average molecular weight is 405 g/mol. The van der Waals surface area contributed by atoms with Gasteiger partial charge in [-0.3, -0.25) is 0 Å². The van der Waals surface area contributed by atoms with Crippen LogP contribution < -0.4 is 14.8 Å². The van der Waals surface area contributed by atoms with E-state index in [-0.39, 0.29) is 11.5 Å². The number of methoxy groups -OCH3 is 1. The van der Waals surface area contributed by atoms with E-state index in [9.17, 15) is 13.2 Å². The predicted molar refractivity (Wildman–Crippen MR) is 103 cm³/mol. The molecule has 3 aromatic rings. The first-order chi connectivity index (χ1) is 13.9. The highest BCUT2D eigenvalue weighted by Crippen LogP contribution is 2.29. The number of ether oxygens (including phenoxy) is 2. The van der Waals surface area contributed by atoms with E-state index in [0.29, 0.717) is 13.1 Å². The molecule has 1 aromatic heterocycles. The highest BCUT2D eigenvalue weighted by molar-refractivity contribution is 5.43. The Balaban J connectivity index is 1.50. The van der Waals surface area contributed by atoms with E-state index in [1.807, 2.05) is 10.8 Å². The monoisotopic (exact) mass is 405 g/mol. The van der Waals surface area contributed by atoms with Gasteiger partial charge in [0.2, 0.25) is 0 Å². The number of halogens is 3. The molecule has 0 radical (unpaired) electrons. The molecule has 0 unspecified atom stereocenters. The van der Waals surface area contributed by atoms with Crippen molar-refractivity contribution < 1.29 is 22.6 Å². The van der Waals surface area contributed by atoms with Crippen LogP contribution in [0.5, 0.6) is 11.5 Å². The van der Waals surface area contributed by atoms with Gasteiger partial charge in [-0.1, -0.05) is 30.3 Å². The zero-order chi connectivity index (χ0) is 20.7. The van der Waals surface area contributed by atoms with Crippen molar-refractivity contribution in [2.24, 2.45) is 0 Å². The largest absolute Gasteiger partial charge is 0.493 e. The summed E-state index contributed by atoms with van der Waals surface area (Å²) in [5.41, 5.74) is 3.21. The van der Waals surface area contributed by atoms with E-state index in [1.165, 1.54) is 18.7 Å². The van der Waals surface area contributed by atoms with Gasteiger partial charge in [0.05, 0.1) is 13.4 Å². The Morgan fingerprint density at radius 1 is 0.966 bits per heavy atom. The number of hydrogen-bond acceptors (Lipinski definition) is 4. The summed E-state index contributed by atoms with van der Waals surface area (Å²) in [5.74, 6) is 0.347. The maximum absolute atomic E-state index is 12.3. The minimum atomic E-state index is -4.39. The molecule has 3 rings (SSSR count). The van der Waals surface area contributed by atoms with E-state index in [4.69, 9.17) is 9.47 Å². The van der Waals surface area contributed by atoms with Gasteiger partial charge in [0.1, 0.15) is 0 Å². The van der Waals surface area contributed by atoms with E-state index < -0.39 is 12.8 Å². The molecule has 29 heavy (non-hydrogen) atoms. The number of rotatable bonds is 9. The summed E-state index contributed by atoms with van der Waals surface area (Å²) in [4.78, 5) is 4.03. The van der Waals surface area contributed by atoms with E-state index in [0.717, 1.165) is 17.7 Å². The van der Waals surface area contributed by atoms with Gasteiger partial charge in [0, 0.05) is 32.0 Å². The fraction of sp³-hybridized carbons (Fsp3) is 0.286. The Hall–Kier alpha value is -3.00. The van der Waals surface area contributed by atoms with Crippen LogP contribution in [-0.4, -0.2) is 29.4 Å². The number of imidazole rings is 1. The topological polar surface area (TPSA) is 48.3 Å². The predicted octanol–water partition coefficient (Wildman–Crippen LogP) is 4.17. The van der Waals surface area contributed by atoms with Crippen molar-refractivity contribution in [3.8, 4) is 11.5 Å². The van der Waals surface area contributed by atoms with Crippen LogP contribution in [0, 0.1) is 0 Å². The van der Waals surface area contributed by atoms with Gasteiger partial charge in [-0.05, 0) is 28.8 Å². The van der Waals surface area contributed by atoms with Crippen LogP contribution in [-0.2, 0) is 19.6 Å². The molecule has 1 heterocycles. The third-order valence-electron chi connectivity index (χ3n) is 4.22. The van der Waals surface area contributed by atoms with Crippen LogP contribution in [0.1, 0.15) is 16.7 Å². The zero-order valence-corrected chi connectivity index (χ0v) is 15.9. The third kappa shape index (κ3) is 6.53. The molecule has 0 aliphatic carbocycles. The van der Waals surface area contributed by atoms with Gasteiger partial charge in [0.25, 0.3) is 0 Å². The molecular weight excluding hydrogens is 383 g/mol. The van der Waals surface area contributed by atoms with Crippen molar-refractivity contribution >= 4 is 0 Å². The van der Waals surface area contributed by atoms with E-state index in [1.54, 1.807) is 24.7 Å². The van der Waals surface area contributed by atoms with Gasteiger partial charge in [-0.2, -0.15) is 13.2 Å². The van der Waals surface area contributed by atoms with E-state index >= 15 is 0 Å². The van der Waals surface area contributed by atoms with Crippen LogP contribution in [0.2, 0.25) is 0 Å². The summed E-state index contributed by atoms with van der Waals surface area (Å²) in [6.07, 6.45) is 1.06. The van der Waals surface area contributed by atoms with Crippen molar-refractivity contribution in [3.63, 3.8) is 0 Å². The molecule has 2 aromatic carbocycles. The molecule has 0 saturated heterocycles. The van der Waals surface area contributed by atoms with Crippen LogP contribution in [0.3, 0.4) is 0 Å². The second kappa shape index (κ2) is 9.47. The smallest absolute Gasteiger partial charge is 0.422 e. The lowest BCUT2D eigenvalue weighted by Gasteiger charge is -2.14. The van der Waals surface area contributed by atoms with Crippen molar-refractivity contribution in [1.29, 1.82) is 0 Å². The number of aromatic nitrogens is 2. The Bertz CT molecular complexity index is 895. The zero-order valence-electron chi connectivity index (χ0n) is 15.9. The highest BCUT2D eigenvalue weighted by atomic mass is 19.4. The van der Waals surface area contributed by atoms with Crippen molar-refractivity contribution in [3.05, 3.63) is 77.9 Å². The van der Waals surface area contributed by atoms with Crippen molar-refractivity contribution in [1.82, 2.24) is 14.9 Å². The second-order valence-corrected chi connectivity index (χ2v) is 6.54. The van der Waals surface area contributed by atoms with Gasteiger partial charge in [0.15, 0.2) is 18.1 Å². The van der Waals surface area contributed by atoms with E-state index in [2.05, 4.69) is 34.6 Å². The van der Waals surface area contributed by atoms with Crippen LogP contribution in [0.15, 0.2) is 61.2 Å². The molecule has 0 amide bonds. The molecule has 0 saturated carbocycles. The molecule has 1 N–H and O–H groups in total. The molecule has 0 aliphatic rings. The first kappa shape index (κ1) is 20.7. The lowest BCUT2D eigenvalue weighted by atomic mass is 10.1. The molecule has 0 fully saturated rings. The highest BCUT2D eigenvalue weighted by Gasteiger charge is 2.29. The summed E-state index contributed by atoms with van der Waals surface area (Å²) in [7, 11) is 1.40. The average Bonchev–Trinajstić information content (AvgIpc) is 3.20. The van der Waals surface area contributed by atoms with Crippen molar-refractivity contribution in [2.45, 2.75) is 25.8 Å².